The summed E-state index contributed by atoms with van der Waals surface area (Å²) in [5, 5.41) is 13.0. The molecule has 3 nitrogen and oxygen atoms in total. The van der Waals surface area contributed by atoms with Crippen molar-refractivity contribution < 1.29 is 0 Å². The number of thiophene rings is 1. The second kappa shape index (κ2) is 4.90. The zero-order valence-electron chi connectivity index (χ0n) is 11.6. The molecule has 0 fully saturated rings. The standard InChI is InChI=1S/C17H15N3S/c1-11(17-9-12-4-2-3-5-16(12)21-17)19-14-6-7-15-13(8-14)10-18-20-15/h2-11,19H,1H3,(H,18,20). The van der Waals surface area contributed by atoms with Crippen LogP contribution in [0.15, 0.2) is 54.7 Å². The van der Waals surface area contributed by atoms with Crippen molar-refractivity contribution in [3.05, 3.63) is 59.6 Å². The van der Waals surface area contributed by atoms with Crippen molar-refractivity contribution in [3.63, 3.8) is 0 Å². The van der Waals surface area contributed by atoms with Gasteiger partial charge in [-0.1, -0.05) is 18.2 Å². The van der Waals surface area contributed by atoms with Crippen LogP contribution in [0.5, 0.6) is 0 Å². The fourth-order valence-electron chi connectivity index (χ4n) is 2.57. The molecule has 0 aliphatic carbocycles. The summed E-state index contributed by atoms with van der Waals surface area (Å²) < 4.78 is 1.34. The van der Waals surface area contributed by atoms with E-state index in [4.69, 9.17) is 0 Å². The molecule has 4 aromatic rings. The van der Waals surface area contributed by atoms with Gasteiger partial charge >= 0.3 is 0 Å². The number of nitrogens with one attached hydrogen (secondary N) is 2. The largest absolute Gasteiger partial charge is 0.378 e. The highest BCUT2D eigenvalue weighted by molar-refractivity contribution is 7.19. The summed E-state index contributed by atoms with van der Waals surface area (Å²) in [4.78, 5) is 1.35. The smallest absolute Gasteiger partial charge is 0.0651 e. The Kier molecular flexibility index (Phi) is 2.89. The number of anilines is 1. The second-order valence-electron chi connectivity index (χ2n) is 5.22. The van der Waals surface area contributed by atoms with Crippen LogP contribution in [0.3, 0.4) is 0 Å². The van der Waals surface area contributed by atoms with E-state index in [0.29, 0.717) is 0 Å². The zero-order chi connectivity index (χ0) is 14.2. The van der Waals surface area contributed by atoms with Crippen molar-refractivity contribution in [2.45, 2.75) is 13.0 Å². The van der Waals surface area contributed by atoms with E-state index >= 15 is 0 Å². The third-order valence-corrected chi connectivity index (χ3v) is 4.99. The van der Waals surface area contributed by atoms with E-state index in [2.05, 4.69) is 71.0 Å². The van der Waals surface area contributed by atoms with E-state index in [1.807, 2.05) is 17.5 Å². The fourth-order valence-corrected chi connectivity index (χ4v) is 3.64. The maximum Gasteiger partial charge on any atom is 0.0651 e. The Hall–Kier alpha value is -2.33. The molecule has 104 valence electrons. The summed E-state index contributed by atoms with van der Waals surface area (Å²) in [6.45, 7) is 2.20. The van der Waals surface area contributed by atoms with Gasteiger partial charge < -0.3 is 5.32 Å². The highest BCUT2D eigenvalue weighted by atomic mass is 32.1. The lowest BCUT2D eigenvalue weighted by Gasteiger charge is -2.13. The normalized spacial score (nSPS) is 12.8. The Labute approximate surface area is 126 Å². The van der Waals surface area contributed by atoms with Gasteiger partial charge in [0.1, 0.15) is 0 Å². The minimum atomic E-state index is 0.284. The molecule has 21 heavy (non-hydrogen) atoms. The van der Waals surface area contributed by atoms with Gasteiger partial charge in [0.15, 0.2) is 0 Å². The molecule has 0 amide bonds. The van der Waals surface area contributed by atoms with Crippen LogP contribution in [-0.4, -0.2) is 10.2 Å². The monoisotopic (exact) mass is 293 g/mol. The predicted octanol–water partition coefficient (Wildman–Crippen LogP) is 4.95. The van der Waals surface area contributed by atoms with Gasteiger partial charge in [-0.05, 0) is 42.6 Å². The molecule has 4 rings (SSSR count). The van der Waals surface area contributed by atoms with E-state index in [-0.39, 0.29) is 6.04 Å². The van der Waals surface area contributed by atoms with Crippen molar-refractivity contribution in [3.8, 4) is 0 Å². The number of hydrogen-bond donors (Lipinski definition) is 2. The molecule has 0 saturated heterocycles. The van der Waals surface area contributed by atoms with Gasteiger partial charge in [-0.3, -0.25) is 5.10 Å². The first-order valence-corrected chi connectivity index (χ1v) is 7.79. The van der Waals surface area contributed by atoms with E-state index in [9.17, 15) is 0 Å². The number of H-pyrrole nitrogens is 1. The SMILES string of the molecule is CC(Nc1ccc2[nH]ncc2c1)c1cc2ccccc2s1. The lowest BCUT2D eigenvalue weighted by atomic mass is 10.2. The van der Waals surface area contributed by atoms with Crippen molar-refractivity contribution in [1.82, 2.24) is 10.2 Å². The summed E-state index contributed by atoms with van der Waals surface area (Å²) in [5.74, 6) is 0. The molecular weight excluding hydrogens is 278 g/mol. The van der Waals surface area contributed by atoms with Crippen LogP contribution in [-0.2, 0) is 0 Å². The first-order chi connectivity index (χ1) is 10.3. The molecule has 2 aromatic heterocycles. The van der Waals surface area contributed by atoms with Gasteiger partial charge in [-0.15, -0.1) is 11.3 Å². The Bertz CT molecular complexity index is 873. The van der Waals surface area contributed by atoms with Gasteiger partial charge in [-0.25, -0.2) is 0 Å². The third-order valence-electron chi connectivity index (χ3n) is 3.69. The Morgan fingerprint density at radius 2 is 2.00 bits per heavy atom. The molecule has 2 aromatic carbocycles. The molecule has 0 bridgehead atoms. The Morgan fingerprint density at radius 1 is 1.10 bits per heavy atom. The maximum absolute atomic E-state index is 4.06. The number of aromatic nitrogens is 2. The highest BCUT2D eigenvalue weighted by Crippen LogP contribution is 2.31. The Balaban J connectivity index is 1.63. The molecule has 1 atom stereocenters. The fraction of sp³-hybridized carbons (Fsp3) is 0.118. The number of fused-ring (bicyclic) bond motifs is 2. The number of rotatable bonds is 3. The molecule has 2 N–H and O–H groups in total. The van der Waals surface area contributed by atoms with Gasteiger partial charge in [0.2, 0.25) is 0 Å². The topological polar surface area (TPSA) is 40.7 Å². The molecule has 1 unspecified atom stereocenters. The van der Waals surface area contributed by atoms with Crippen LogP contribution in [0.2, 0.25) is 0 Å². The minimum absolute atomic E-state index is 0.284. The average molecular weight is 293 g/mol. The summed E-state index contributed by atoms with van der Waals surface area (Å²) in [5.41, 5.74) is 2.18. The van der Waals surface area contributed by atoms with Crippen LogP contribution >= 0.6 is 11.3 Å². The van der Waals surface area contributed by atoms with Gasteiger partial charge in [0, 0.05) is 20.7 Å². The van der Waals surface area contributed by atoms with Crippen LogP contribution in [0.1, 0.15) is 17.8 Å². The number of hydrogen-bond acceptors (Lipinski definition) is 3. The third kappa shape index (κ3) is 2.28. The quantitative estimate of drug-likeness (QED) is 0.561. The number of nitrogens with zero attached hydrogens (tertiary/aromatic N) is 1. The van der Waals surface area contributed by atoms with Crippen molar-refractivity contribution in [2.75, 3.05) is 5.32 Å². The molecule has 0 aliphatic heterocycles. The van der Waals surface area contributed by atoms with Crippen LogP contribution < -0.4 is 5.32 Å². The second-order valence-corrected chi connectivity index (χ2v) is 6.34. The molecule has 0 radical (unpaired) electrons. The first kappa shape index (κ1) is 12.4. The molecule has 0 aliphatic rings. The molecule has 0 spiro atoms. The first-order valence-electron chi connectivity index (χ1n) is 6.98. The zero-order valence-corrected chi connectivity index (χ0v) is 12.4. The summed E-state index contributed by atoms with van der Waals surface area (Å²) in [7, 11) is 0. The Morgan fingerprint density at radius 3 is 2.90 bits per heavy atom. The van der Waals surface area contributed by atoms with Gasteiger partial charge in [0.25, 0.3) is 0 Å². The highest BCUT2D eigenvalue weighted by Gasteiger charge is 2.09. The molecular formula is C17H15N3S. The van der Waals surface area contributed by atoms with E-state index in [0.717, 1.165) is 16.6 Å². The number of benzene rings is 2. The molecule has 4 heteroatoms. The predicted molar refractivity (Wildman–Crippen MR) is 90.0 cm³/mol. The summed E-state index contributed by atoms with van der Waals surface area (Å²) >= 11 is 1.85. The van der Waals surface area contributed by atoms with Crippen LogP contribution in [0.4, 0.5) is 5.69 Å². The minimum Gasteiger partial charge on any atom is -0.378 e. The van der Waals surface area contributed by atoms with Gasteiger partial charge in [0.05, 0.1) is 17.8 Å². The summed E-state index contributed by atoms with van der Waals surface area (Å²) in [6, 6.07) is 17.3. The lowest BCUT2D eigenvalue weighted by molar-refractivity contribution is 0.909. The van der Waals surface area contributed by atoms with Crippen molar-refractivity contribution in [2.24, 2.45) is 0 Å². The van der Waals surface area contributed by atoms with Crippen LogP contribution in [0.25, 0.3) is 21.0 Å². The van der Waals surface area contributed by atoms with Crippen molar-refractivity contribution in [1.29, 1.82) is 0 Å². The van der Waals surface area contributed by atoms with E-state index < -0.39 is 0 Å². The molecule has 0 saturated carbocycles. The van der Waals surface area contributed by atoms with Crippen molar-refractivity contribution >= 4 is 38.0 Å². The van der Waals surface area contributed by atoms with Crippen LogP contribution in [0, 0.1) is 0 Å². The summed E-state index contributed by atoms with van der Waals surface area (Å²) in [6.07, 6.45) is 1.85. The maximum atomic E-state index is 4.06. The lowest BCUT2D eigenvalue weighted by Crippen LogP contribution is -2.04. The van der Waals surface area contributed by atoms with Gasteiger partial charge in [-0.2, -0.15) is 5.10 Å². The molecule has 2 heterocycles. The average Bonchev–Trinajstić information content (AvgIpc) is 3.13. The number of aromatic amines is 1. The van der Waals surface area contributed by atoms with E-state index in [1.165, 1.54) is 15.0 Å². The van der Waals surface area contributed by atoms with E-state index in [1.54, 1.807) is 0 Å².